The smallest absolute Gasteiger partial charge is 0.356 e. The molecule has 0 unspecified atom stereocenters. The maximum Gasteiger partial charge on any atom is 0.356 e. The summed E-state index contributed by atoms with van der Waals surface area (Å²) in [6, 6.07) is 5.96. The summed E-state index contributed by atoms with van der Waals surface area (Å²) in [6.45, 7) is 3.29. The molecule has 4 rings (SSSR count). The van der Waals surface area contributed by atoms with Crippen LogP contribution in [0.1, 0.15) is 40.9 Å². The Morgan fingerprint density at radius 3 is 2.89 bits per heavy atom. The van der Waals surface area contributed by atoms with E-state index in [1.165, 1.54) is 0 Å². The topological polar surface area (TPSA) is 97.3 Å². The van der Waals surface area contributed by atoms with Crippen LogP contribution in [0, 0.1) is 0 Å². The van der Waals surface area contributed by atoms with Crippen molar-refractivity contribution in [2.24, 2.45) is 0 Å². The van der Waals surface area contributed by atoms with Gasteiger partial charge in [0.2, 0.25) is 0 Å². The molecule has 1 aliphatic carbocycles. The molecule has 0 aliphatic heterocycles. The van der Waals surface area contributed by atoms with Crippen LogP contribution < -0.4 is 0 Å². The van der Waals surface area contributed by atoms with E-state index >= 15 is 0 Å². The molecule has 28 heavy (non-hydrogen) atoms. The Bertz CT molecular complexity index is 979. The number of rotatable bonds is 6. The SMILES string of the molecule is CCn1nc(C(=O)O)c2c1CC[C@@H](N(C)Cc1cc(-c3ccncc3)no1)C2. The summed E-state index contributed by atoms with van der Waals surface area (Å²) in [5.41, 5.74) is 3.87. The molecule has 0 aromatic carbocycles. The van der Waals surface area contributed by atoms with Gasteiger partial charge in [0.1, 0.15) is 5.69 Å². The zero-order valence-corrected chi connectivity index (χ0v) is 16.0. The zero-order valence-electron chi connectivity index (χ0n) is 16.0. The van der Waals surface area contributed by atoms with E-state index in [1.54, 1.807) is 12.4 Å². The van der Waals surface area contributed by atoms with Gasteiger partial charge in [-0.3, -0.25) is 14.6 Å². The Labute approximate surface area is 162 Å². The number of fused-ring (bicyclic) bond motifs is 1. The van der Waals surface area contributed by atoms with Gasteiger partial charge >= 0.3 is 5.97 Å². The lowest BCUT2D eigenvalue weighted by Gasteiger charge is -2.30. The molecular weight excluding hydrogens is 358 g/mol. The van der Waals surface area contributed by atoms with Crippen molar-refractivity contribution < 1.29 is 14.4 Å². The van der Waals surface area contributed by atoms with E-state index in [9.17, 15) is 9.90 Å². The van der Waals surface area contributed by atoms with Crippen molar-refractivity contribution in [2.75, 3.05) is 7.05 Å². The lowest BCUT2D eigenvalue weighted by Crippen LogP contribution is -2.36. The van der Waals surface area contributed by atoms with Crippen LogP contribution in [0.15, 0.2) is 35.1 Å². The predicted molar refractivity (Wildman–Crippen MR) is 102 cm³/mol. The number of carboxylic acids is 1. The second kappa shape index (κ2) is 7.55. The predicted octanol–water partition coefficient (Wildman–Crippen LogP) is 2.64. The molecule has 8 heteroatoms. The van der Waals surface area contributed by atoms with E-state index in [0.717, 1.165) is 41.1 Å². The van der Waals surface area contributed by atoms with Gasteiger partial charge in [-0.25, -0.2) is 4.79 Å². The Balaban J connectivity index is 1.48. The monoisotopic (exact) mass is 381 g/mol. The Kier molecular flexibility index (Phi) is 4.95. The highest BCUT2D eigenvalue weighted by molar-refractivity contribution is 5.87. The molecular formula is C20H23N5O3. The fourth-order valence-electron chi connectivity index (χ4n) is 3.90. The number of likely N-dealkylation sites (N-methyl/N-ethyl adjacent to an activating group) is 1. The van der Waals surface area contributed by atoms with Crippen LogP contribution >= 0.6 is 0 Å². The number of aromatic carboxylic acids is 1. The molecule has 3 aromatic rings. The highest BCUT2D eigenvalue weighted by Gasteiger charge is 2.30. The Morgan fingerprint density at radius 1 is 1.39 bits per heavy atom. The van der Waals surface area contributed by atoms with E-state index in [-0.39, 0.29) is 11.7 Å². The second-order valence-corrected chi connectivity index (χ2v) is 7.12. The van der Waals surface area contributed by atoms with Crippen molar-refractivity contribution in [1.29, 1.82) is 0 Å². The van der Waals surface area contributed by atoms with Crippen molar-refractivity contribution in [1.82, 2.24) is 24.8 Å². The molecule has 0 saturated carbocycles. The highest BCUT2D eigenvalue weighted by Crippen LogP contribution is 2.28. The van der Waals surface area contributed by atoms with Gasteiger partial charge in [0.05, 0.1) is 6.54 Å². The number of pyridine rings is 1. The molecule has 0 fully saturated rings. The zero-order chi connectivity index (χ0) is 19.7. The van der Waals surface area contributed by atoms with Gasteiger partial charge in [0.15, 0.2) is 11.5 Å². The van der Waals surface area contributed by atoms with Crippen molar-refractivity contribution in [3.05, 3.63) is 53.3 Å². The number of carbonyl (C=O) groups is 1. The first-order valence-corrected chi connectivity index (χ1v) is 9.45. The molecule has 1 N–H and O–H groups in total. The average Bonchev–Trinajstić information content (AvgIpc) is 3.32. The fourth-order valence-corrected chi connectivity index (χ4v) is 3.90. The quantitative estimate of drug-likeness (QED) is 0.701. The molecule has 3 heterocycles. The number of hydrogen-bond donors (Lipinski definition) is 1. The number of hydrogen-bond acceptors (Lipinski definition) is 6. The fraction of sp³-hybridized carbons (Fsp3) is 0.400. The third-order valence-electron chi connectivity index (χ3n) is 5.39. The average molecular weight is 381 g/mol. The minimum Gasteiger partial charge on any atom is -0.476 e. The number of carboxylic acid groups (broad SMARTS) is 1. The van der Waals surface area contributed by atoms with E-state index in [4.69, 9.17) is 4.52 Å². The first-order chi connectivity index (χ1) is 13.6. The molecule has 0 radical (unpaired) electrons. The first-order valence-electron chi connectivity index (χ1n) is 9.45. The number of aromatic nitrogens is 4. The van der Waals surface area contributed by atoms with Crippen LogP contribution in [0.4, 0.5) is 0 Å². The highest BCUT2D eigenvalue weighted by atomic mass is 16.5. The standard InChI is InChI=1S/C20H23N5O3/c1-3-25-18-5-4-14(10-16(18)19(22-25)20(26)27)24(2)12-15-11-17(23-28-15)13-6-8-21-9-7-13/h6-9,11,14H,3-5,10,12H2,1-2H3,(H,26,27)/t14-/m1/s1. The number of nitrogens with zero attached hydrogens (tertiary/aromatic N) is 5. The van der Waals surface area contributed by atoms with Crippen LogP contribution in [0.5, 0.6) is 0 Å². The van der Waals surface area contributed by atoms with Gasteiger partial charge in [0.25, 0.3) is 0 Å². The van der Waals surface area contributed by atoms with Crippen molar-refractivity contribution >= 4 is 5.97 Å². The molecule has 0 bridgehead atoms. The minimum absolute atomic E-state index is 0.189. The van der Waals surface area contributed by atoms with Crippen molar-refractivity contribution in [2.45, 2.75) is 45.3 Å². The van der Waals surface area contributed by atoms with Crippen LogP contribution in [-0.4, -0.2) is 49.0 Å². The van der Waals surface area contributed by atoms with E-state index < -0.39 is 5.97 Å². The summed E-state index contributed by atoms with van der Waals surface area (Å²) >= 11 is 0. The lowest BCUT2D eigenvalue weighted by atomic mass is 9.90. The molecule has 8 nitrogen and oxygen atoms in total. The molecule has 0 amide bonds. The number of aryl methyl sites for hydroxylation is 1. The van der Waals surface area contributed by atoms with Crippen LogP contribution in [0.2, 0.25) is 0 Å². The van der Waals surface area contributed by atoms with Crippen LogP contribution in [-0.2, 0) is 25.9 Å². The van der Waals surface area contributed by atoms with E-state index in [2.05, 4.69) is 20.1 Å². The summed E-state index contributed by atoms with van der Waals surface area (Å²) in [6.07, 6.45) is 5.92. The molecule has 1 aliphatic rings. The molecule has 3 aromatic heterocycles. The normalized spacial score (nSPS) is 16.3. The van der Waals surface area contributed by atoms with Gasteiger partial charge in [-0.2, -0.15) is 5.10 Å². The molecule has 0 saturated heterocycles. The molecule has 0 spiro atoms. The van der Waals surface area contributed by atoms with Gasteiger partial charge < -0.3 is 9.63 Å². The lowest BCUT2D eigenvalue weighted by molar-refractivity contribution is 0.0687. The second-order valence-electron chi connectivity index (χ2n) is 7.12. The van der Waals surface area contributed by atoms with Gasteiger partial charge in [-0.05, 0) is 45.4 Å². The first kappa shape index (κ1) is 18.4. The summed E-state index contributed by atoms with van der Waals surface area (Å²) in [4.78, 5) is 17.8. The van der Waals surface area contributed by atoms with Gasteiger partial charge in [-0.1, -0.05) is 5.16 Å². The maximum atomic E-state index is 11.6. The van der Waals surface area contributed by atoms with Gasteiger partial charge in [0, 0.05) is 47.9 Å². The maximum absolute atomic E-state index is 11.6. The molecule has 1 atom stereocenters. The van der Waals surface area contributed by atoms with Crippen molar-refractivity contribution in [3.8, 4) is 11.3 Å². The van der Waals surface area contributed by atoms with Gasteiger partial charge in [-0.15, -0.1) is 0 Å². The third kappa shape index (κ3) is 3.43. The Hall–Kier alpha value is -3.00. The Morgan fingerprint density at radius 2 is 2.18 bits per heavy atom. The summed E-state index contributed by atoms with van der Waals surface area (Å²) in [5, 5.41) is 17.9. The third-order valence-corrected chi connectivity index (χ3v) is 5.39. The summed E-state index contributed by atoms with van der Waals surface area (Å²) in [5.74, 6) is -0.174. The van der Waals surface area contributed by atoms with E-state index in [0.29, 0.717) is 19.5 Å². The van der Waals surface area contributed by atoms with Crippen molar-refractivity contribution in [3.63, 3.8) is 0 Å². The molecule has 146 valence electrons. The minimum atomic E-state index is -0.955. The summed E-state index contributed by atoms with van der Waals surface area (Å²) in [7, 11) is 2.04. The summed E-state index contributed by atoms with van der Waals surface area (Å²) < 4.78 is 7.34. The van der Waals surface area contributed by atoms with Crippen LogP contribution in [0.25, 0.3) is 11.3 Å². The largest absolute Gasteiger partial charge is 0.476 e. The van der Waals surface area contributed by atoms with Crippen LogP contribution in [0.3, 0.4) is 0 Å². The van der Waals surface area contributed by atoms with E-state index in [1.807, 2.05) is 36.9 Å².